The van der Waals surface area contributed by atoms with Crippen LogP contribution in [0, 0.1) is 10.1 Å². The number of aromatic carboxylic acids is 1. The number of hydrogen-bond acceptors (Lipinski definition) is 5. The first-order valence-electron chi connectivity index (χ1n) is 4.85. The molecule has 0 saturated heterocycles. The summed E-state index contributed by atoms with van der Waals surface area (Å²) >= 11 is 0. The van der Waals surface area contributed by atoms with Crippen molar-refractivity contribution in [1.82, 2.24) is 0 Å². The Morgan fingerprint density at radius 1 is 1.59 bits per heavy atom. The van der Waals surface area contributed by atoms with Crippen LogP contribution in [-0.4, -0.2) is 33.8 Å². The number of hydrogen-bond donors (Lipinski definition) is 3. The lowest BCUT2D eigenvalue weighted by atomic mass is 10.1. The first-order valence-corrected chi connectivity index (χ1v) is 4.85. The van der Waals surface area contributed by atoms with Gasteiger partial charge in [0.15, 0.2) is 0 Å². The molecule has 0 bridgehead atoms. The smallest absolute Gasteiger partial charge is 0.337 e. The van der Waals surface area contributed by atoms with E-state index in [1.807, 2.05) is 0 Å². The summed E-state index contributed by atoms with van der Waals surface area (Å²) in [5.74, 6) is -1.19. The molecule has 0 heterocycles. The minimum Gasteiger partial charge on any atom is -0.478 e. The maximum absolute atomic E-state index is 10.9. The number of nitrogens with one attached hydrogen (secondary N) is 1. The number of non-ortho nitro benzene ring substituents is 1. The zero-order valence-corrected chi connectivity index (χ0v) is 9.08. The second-order valence-corrected chi connectivity index (χ2v) is 3.52. The Labute approximate surface area is 96.8 Å². The van der Waals surface area contributed by atoms with E-state index in [-0.39, 0.29) is 23.5 Å². The summed E-state index contributed by atoms with van der Waals surface area (Å²) in [6.07, 6.45) is 0. The first-order chi connectivity index (χ1) is 7.95. The van der Waals surface area contributed by atoms with Crippen molar-refractivity contribution in [2.45, 2.75) is 13.0 Å². The average Bonchev–Trinajstić information content (AvgIpc) is 2.28. The molecule has 0 aromatic heterocycles. The summed E-state index contributed by atoms with van der Waals surface area (Å²) < 4.78 is 0. The molecule has 1 unspecified atom stereocenters. The topological polar surface area (TPSA) is 113 Å². The molecule has 0 aliphatic carbocycles. The molecule has 0 amide bonds. The molecule has 0 aliphatic rings. The van der Waals surface area contributed by atoms with Crippen LogP contribution in [-0.2, 0) is 0 Å². The number of carboxylic acid groups (broad SMARTS) is 1. The van der Waals surface area contributed by atoms with Gasteiger partial charge in [0.05, 0.1) is 22.8 Å². The van der Waals surface area contributed by atoms with Crippen molar-refractivity contribution in [2.75, 3.05) is 11.9 Å². The van der Waals surface area contributed by atoms with E-state index in [2.05, 4.69) is 5.32 Å². The molecular formula is C10H12N2O5. The Morgan fingerprint density at radius 3 is 2.71 bits per heavy atom. The number of nitrogens with zero attached hydrogens (tertiary/aromatic N) is 1. The van der Waals surface area contributed by atoms with Crippen molar-refractivity contribution in [2.24, 2.45) is 0 Å². The van der Waals surface area contributed by atoms with Gasteiger partial charge in [-0.15, -0.1) is 0 Å². The molecule has 3 N–H and O–H groups in total. The van der Waals surface area contributed by atoms with Crippen molar-refractivity contribution in [3.05, 3.63) is 33.9 Å². The molecule has 7 heteroatoms. The molecule has 1 aromatic rings. The highest BCUT2D eigenvalue weighted by Crippen LogP contribution is 2.23. The highest BCUT2D eigenvalue weighted by Gasteiger charge is 2.16. The molecule has 0 spiro atoms. The van der Waals surface area contributed by atoms with Crippen molar-refractivity contribution in [3.63, 3.8) is 0 Å². The van der Waals surface area contributed by atoms with Gasteiger partial charge in [-0.3, -0.25) is 10.1 Å². The van der Waals surface area contributed by atoms with E-state index in [1.165, 1.54) is 0 Å². The Morgan fingerprint density at radius 2 is 2.24 bits per heavy atom. The lowest BCUT2D eigenvalue weighted by molar-refractivity contribution is -0.384. The number of rotatable bonds is 5. The predicted molar refractivity (Wildman–Crippen MR) is 60.2 cm³/mol. The van der Waals surface area contributed by atoms with Gasteiger partial charge >= 0.3 is 5.97 Å². The van der Waals surface area contributed by atoms with E-state index in [9.17, 15) is 14.9 Å². The van der Waals surface area contributed by atoms with E-state index >= 15 is 0 Å². The predicted octanol–water partition coefficient (Wildman–Crippen LogP) is 1.09. The summed E-state index contributed by atoms with van der Waals surface area (Å²) in [5, 5.41) is 31.0. The zero-order chi connectivity index (χ0) is 13.0. The first kappa shape index (κ1) is 12.9. The Balaban J connectivity index is 3.15. The summed E-state index contributed by atoms with van der Waals surface area (Å²) in [6, 6.07) is 3.02. The standard InChI is InChI=1S/C10H12N2O5/c1-6(5-13)11-9-4-7(12(16)17)2-3-8(9)10(14)15/h2-4,6,11,13H,5H2,1H3,(H,14,15). The normalized spacial score (nSPS) is 11.9. The molecule has 0 aliphatic heterocycles. The molecule has 0 fully saturated rings. The quantitative estimate of drug-likeness (QED) is 0.524. The highest BCUT2D eigenvalue weighted by atomic mass is 16.6. The second kappa shape index (κ2) is 5.26. The second-order valence-electron chi connectivity index (χ2n) is 3.52. The average molecular weight is 240 g/mol. The van der Waals surface area contributed by atoms with E-state index in [0.717, 1.165) is 18.2 Å². The molecular weight excluding hydrogens is 228 g/mol. The summed E-state index contributed by atoms with van der Waals surface area (Å²) in [6.45, 7) is 1.42. The van der Waals surface area contributed by atoms with E-state index in [4.69, 9.17) is 10.2 Å². The Bertz CT molecular complexity index is 446. The van der Waals surface area contributed by atoms with E-state index in [0.29, 0.717) is 0 Å². The Hall–Kier alpha value is -2.15. The van der Waals surface area contributed by atoms with Gasteiger partial charge in [0, 0.05) is 18.2 Å². The number of aliphatic hydroxyl groups is 1. The van der Waals surface area contributed by atoms with Crippen LogP contribution in [0.2, 0.25) is 0 Å². The van der Waals surface area contributed by atoms with Gasteiger partial charge < -0.3 is 15.5 Å². The third-order valence-electron chi connectivity index (χ3n) is 2.12. The molecule has 1 aromatic carbocycles. The number of carbonyl (C=O) groups is 1. The lowest BCUT2D eigenvalue weighted by Gasteiger charge is -2.14. The monoisotopic (exact) mass is 240 g/mol. The van der Waals surface area contributed by atoms with Gasteiger partial charge in [-0.2, -0.15) is 0 Å². The van der Waals surface area contributed by atoms with Gasteiger partial charge in [0.25, 0.3) is 5.69 Å². The van der Waals surface area contributed by atoms with Crippen LogP contribution in [0.15, 0.2) is 18.2 Å². The molecule has 0 radical (unpaired) electrons. The number of nitro benzene ring substituents is 1. The molecule has 7 nitrogen and oxygen atoms in total. The van der Waals surface area contributed by atoms with Crippen LogP contribution in [0.25, 0.3) is 0 Å². The number of anilines is 1. The zero-order valence-electron chi connectivity index (χ0n) is 9.08. The van der Waals surface area contributed by atoms with Crippen LogP contribution in [0.5, 0.6) is 0 Å². The van der Waals surface area contributed by atoms with E-state index < -0.39 is 16.9 Å². The van der Waals surface area contributed by atoms with Gasteiger partial charge in [0.1, 0.15) is 0 Å². The van der Waals surface area contributed by atoms with Crippen molar-refractivity contribution < 1.29 is 19.9 Å². The molecule has 17 heavy (non-hydrogen) atoms. The van der Waals surface area contributed by atoms with Gasteiger partial charge in [-0.25, -0.2) is 4.79 Å². The lowest BCUT2D eigenvalue weighted by Crippen LogP contribution is -2.21. The van der Waals surface area contributed by atoms with Crippen LogP contribution in [0.4, 0.5) is 11.4 Å². The van der Waals surface area contributed by atoms with Crippen molar-refractivity contribution in [3.8, 4) is 0 Å². The number of aliphatic hydroxyl groups excluding tert-OH is 1. The minimum absolute atomic E-state index is 0.0732. The Kier molecular flexibility index (Phi) is 4.00. The van der Waals surface area contributed by atoms with Crippen LogP contribution in [0.3, 0.4) is 0 Å². The summed E-state index contributed by atoms with van der Waals surface area (Å²) in [7, 11) is 0. The molecule has 1 atom stereocenters. The number of nitro groups is 1. The maximum Gasteiger partial charge on any atom is 0.337 e. The van der Waals surface area contributed by atoms with Crippen molar-refractivity contribution >= 4 is 17.3 Å². The maximum atomic E-state index is 10.9. The fourth-order valence-electron chi connectivity index (χ4n) is 1.26. The largest absolute Gasteiger partial charge is 0.478 e. The summed E-state index contributed by atoms with van der Waals surface area (Å²) in [4.78, 5) is 20.9. The van der Waals surface area contributed by atoms with Crippen LogP contribution < -0.4 is 5.32 Å². The molecule has 92 valence electrons. The fourth-order valence-corrected chi connectivity index (χ4v) is 1.26. The molecule has 1 rings (SSSR count). The number of benzene rings is 1. The molecule has 0 saturated carbocycles. The van der Waals surface area contributed by atoms with Crippen molar-refractivity contribution in [1.29, 1.82) is 0 Å². The van der Waals surface area contributed by atoms with Gasteiger partial charge in [-0.1, -0.05) is 0 Å². The fraction of sp³-hybridized carbons (Fsp3) is 0.300. The third kappa shape index (κ3) is 3.15. The number of carboxylic acids is 1. The van der Waals surface area contributed by atoms with Crippen LogP contribution in [0.1, 0.15) is 17.3 Å². The third-order valence-corrected chi connectivity index (χ3v) is 2.12. The summed E-state index contributed by atoms with van der Waals surface area (Å²) in [5.41, 5.74) is -0.160. The van der Waals surface area contributed by atoms with Gasteiger partial charge in [0.2, 0.25) is 0 Å². The minimum atomic E-state index is -1.19. The van der Waals surface area contributed by atoms with E-state index in [1.54, 1.807) is 6.92 Å². The van der Waals surface area contributed by atoms with Crippen LogP contribution >= 0.6 is 0 Å². The SMILES string of the molecule is CC(CO)Nc1cc([N+](=O)[O-])ccc1C(=O)O. The highest BCUT2D eigenvalue weighted by molar-refractivity contribution is 5.94. The van der Waals surface area contributed by atoms with Gasteiger partial charge in [-0.05, 0) is 13.0 Å².